The number of aliphatic hydroxyl groups is 1. The van der Waals surface area contributed by atoms with Crippen LogP contribution in [0.5, 0.6) is 0 Å². The van der Waals surface area contributed by atoms with E-state index in [-0.39, 0.29) is 25.7 Å². The maximum Gasteiger partial charge on any atom is 0.472 e. The number of phosphoric acid groups is 2. The molecule has 102 heavy (non-hydrogen) atoms. The maximum absolute atomic E-state index is 13.1. The Kier molecular flexibility index (Phi) is 71.8. The standard InChI is InChI=1S/C83H144O17P2/c1-5-9-13-17-21-25-29-33-36-38-41-44-47-51-55-59-63-67-80(85)93-73-78(99-82(87)69-65-61-57-53-49-43-32-28-24-20-16-12-8-4)75-97-101(89,90)95-71-77(84)72-96-102(91,92)98-76-79(100-83(88)70-66-62-58-54-50-46-40-35-31-27-23-19-15-11-7-3)74-94-81(86)68-64-60-56-52-48-45-42-39-37-34-30-26-22-18-14-10-6-2/h9-10,13-14,21-22,25-26,28,32-34,36-37,41,44,51,55,77-79,84H,5-8,11-12,15-20,23-24,27,29-31,35,38-40,42-43,45-50,52-54,56-76H2,1-4H3,(H,89,90)(H,91,92)/b13-9-,14-10-,25-21-,26-22-,32-28-,36-33-,37-34-,44-41-,55-51-. The lowest BCUT2D eigenvalue weighted by Gasteiger charge is -2.21. The summed E-state index contributed by atoms with van der Waals surface area (Å²) in [6.45, 7) is 4.59. The number of allylic oxidation sites excluding steroid dienone is 18. The van der Waals surface area contributed by atoms with Crippen molar-refractivity contribution in [2.24, 2.45) is 0 Å². The van der Waals surface area contributed by atoms with Gasteiger partial charge in [-0.05, 0) is 122 Å². The van der Waals surface area contributed by atoms with Crippen molar-refractivity contribution in [3.8, 4) is 0 Å². The third-order valence-electron chi connectivity index (χ3n) is 16.7. The van der Waals surface area contributed by atoms with E-state index in [2.05, 4.69) is 125 Å². The molecule has 0 spiro atoms. The first-order chi connectivity index (χ1) is 49.7. The van der Waals surface area contributed by atoms with E-state index in [1.807, 2.05) is 12.2 Å². The highest BCUT2D eigenvalue weighted by Crippen LogP contribution is 2.45. The molecule has 588 valence electrons. The molecule has 0 aliphatic rings. The zero-order valence-electron chi connectivity index (χ0n) is 64.3. The van der Waals surface area contributed by atoms with Gasteiger partial charge in [-0.25, -0.2) is 9.13 Å². The monoisotopic (exact) mass is 1470 g/mol. The quantitative estimate of drug-likeness (QED) is 0.0169. The van der Waals surface area contributed by atoms with Gasteiger partial charge in [0.25, 0.3) is 0 Å². The molecule has 0 fully saturated rings. The van der Waals surface area contributed by atoms with Gasteiger partial charge in [0.2, 0.25) is 0 Å². The Morgan fingerprint density at radius 2 is 0.520 bits per heavy atom. The predicted molar refractivity (Wildman–Crippen MR) is 418 cm³/mol. The lowest BCUT2D eigenvalue weighted by Crippen LogP contribution is -2.30. The minimum absolute atomic E-state index is 0.0723. The number of ether oxygens (including phenoxy) is 4. The second kappa shape index (κ2) is 75.0. The highest BCUT2D eigenvalue weighted by Gasteiger charge is 2.30. The SMILES string of the molecule is CC/C=C\C/C=C\C/C=C\C/C=C\C/C=C\CCCC(=O)OCC(COP(=O)(O)OCC(O)COP(=O)(O)OCC(COC(=O)CCCCCCCCC/C=C\C/C=C\C/C=C\CC)OC(=O)CCCCCCCCCCCCCCCCC)OC(=O)CCCCCCC/C=C\CCCCCC. The molecule has 0 aromatic heterocycles. The molecule has 0 rings (SSSR count). The Morgan fingerprint density at radius 1 is 0.284 bits per heavy atom. The summed E-state index contributed by atoms with van der Waals surface area (Å²) in [6, 6.07) is 0. The number of phosphoric ester groups is 2. The molecule has 19 heteroatoms. The van der Waals surface area contributed by atoms with Crippen molar-refractivity contribution < 1.29 is 80.2 Å². The molecular formula is C83H144O17P2. The van der Waals surface area contributed by atoms with E-state index >= 15 is 0 Å². The molecule has 0 bridgehead atoms. The summed E-state index contributed by atoms with van der Waals surface area (Å²) in [6.07, 6.45) is 80.7. The fraction of sp³-hybridized carbons (Fsp3) is 0.735. The number of hydrogen-bond acceptors (Lipinski definition) is 15. The molecule has 0 saturated heterocycles. The summed E-state index contributed by atoms with van der Waals surface area (Å²) in [7, 11) is -9.97. The van der Waals surface area contributed by atoms with Crippen molar-refractivity contribution in [3.05, 3.63) is 109 Å². The smallest absolute Gasteiger partial charge is 0.462 e. The van der Waals surface area contributed by atoms with Crippen LogP contribution < -0.4 is 0 Å². The Morgan fingerprint density at radius 3 is 0.843 bits per heavy atom. The topological polar surface area (TPSA) is 237 Å². The maximum atomic E-state index is 13.1. The Labute approximate surface area is 619 Å². The summed E-state index contributed by atoms with van der Waals surface area (Å²) in [5.74, 6) is -2.25. The van der Waals surface area contributed by atoms with Crippen LogP contribution in [-0.4, -0.2) is 96.7 Å². The third kappa shape index (κ3) is 74.0. The van der Waals surface area contributed by atoms with E-state index in [0.29, 0.717) is 32.1 Å². The van der Waals surface area contributed by atoms with Gasteiger partial charge in [-0.15, -0.1) is 0 Å². The van der Waals surface area contributed by atoms with E-state index in [9.17, 15) is 43.2 Å². The fourth-order valence-corrected chi connectivity index (χ4v) is 12.3. The number of esters is 4. The summed E-state index contributed by atoms with van der Waals surface area (Å²) in [5, 5.41) is 10.6. The van der Waals surface area contributed by atoms with Crippen LogP contribution in [0.2, 0.25) is 0 Å². The minimum Gasteiger partial charge on any atom is -0.462 e. The fourth-order valence-electron chi connectivity index (χ4n) is 10.7. The van der Waals surface area contributed by atoms with Crippen molar-refractivity contribution in [3.63, 3.8) is 0 Å². The van der Waals surface area contributed by atoms with Gasteiger partial charge in [-0.2, -0.15) is 0 Å². The molecule has 0 aromatic rings. The second-order valence-corrected chi connectivity index (χ2v) is 29.5. The zero-order valence-corrected chi connectivity index (χ0v) is 66.0. The van der Waals surface area contributed by atoms with Gasteiger partial charge in [0.15, 0.2) is 12.2 Å². The molecule has 0 radical (unpaired) electrons. The molecule has 0 saturated carbocycles. The van der Waals surface area contributed by atoms with Crippen LogP contribution in [-0.2, 0) is 65.4 Å². The summed E-state index contributed by atoms with van der Waals surface area (Å²) < 4.78 is 68.6. The van der Waals surface area contributed by atoms with Gasteiger partial charge in [-0.3, -0.25) is 37.3 Å². The van der Waals surface area contributed by atoms with Crippen LogP contribution in [0.4, 0.5) is 0 Å². The van der Waals surface area contributed by atoms with Crippen molar-refractivity contribution in [2.75, 3.05) is 39.6 Å². The molecular weight excluding hydrogens is 1330 g/mol. The molecule has 5 atom stereocenters. The summed E-state index contributed by atoms with van der Waals surface area (Å²) in [5.41, 5.74) is 0. The molecule has 0 heterocycles. The largest absolute Gasteiger partial charge is 0.472 e. The van der Waals surface area contributed by atoms with Crippen LogP contribution in [0.3, 0.4) is 0 Å². The number of aliphatic hydroxyl groups excluding tert-OH is 1. The van der Waals surface area contributed by atoms with Crippen LogP contribution in [0.25, 0.3) is 0 Å². The van der Waals surface area contributed by atoms with E-state index in [0.717, 1.165) is 161 Å². The minimum atomic E-state index is -4.99. The second-order valence-electron chi connectivity index (χ2n) is 26.6. The Balaban J connectivity index is 5.39. The first kappa shape index (κ1) is 97.7. The average Bonchev–Trinajstić information content (AvgIpc) is 0.908. The van der Waals surface area contributed by atoms with Crippen molar-refractivity contribution in [1.29, 1.82) is 0 Å². The van der Waals surface area contributed by atoms with Crippen molar-refractivity contribution in [2.45, 2.75) is 354 Å². The number of hydrogen-bond donors (Lipinski definition) is 3. The average molecular weight is 1480 g/mol. The van der Waals surface area contributed by atoms with Crippen molar-refractivity contribution in [1.82, 2.24) is 0 Å². The first-order valence-electron chi connectivity index (χ1n) is 40.1. The Bertz CT molecular complexity index is 2360. The lowest BCUT2D eigenvalue weighted by molar-refractivity contribution is -0.161. The number of carbonyl (C=O) groups excluding carboxylic acids is 4. The Hall–Kier alpha value is -4.28. The van der Waals surface area contributed by atoms with Crippen LogP contribution in [0.15, 0.2) is 109 Å². The molecule has 17 nitrogen and oxygen atoms in total. The number of unbranched alkanes of at least 4 members (excludes halogenated alkanes) is 31. The summed E-state index contributed by atoms with van der Waals surface area (Å²) in [4.78, 5) is 73.0. The van der Waals surface area contributed by atoms with Crippen LogP contribution in [0, 0.1) is 0 Å². The van der Waals surface area contributed by atoms with Gasteiger partial charge in [0, 0.05) is 25.7 Å². The lowest BCUT2D eigenvalue weighted by atomic mass is 10.0. The zero-order chi connectivity index (χ0) is 74.6. The van der Waals surface area contributed by atoms with Gasteiger partial charge < -0.3 is 33.8 Å². The predicted octanol–water partition coefficient (Wildman–Crippen LogP) is 23.3. The molecule has 0 aliphatic heterocycles. The first-order valence-corrected chi connectivity index (χ1v) is 43.1. The molecule has 3 N–H and O–H groups in total. The van der Waals surface area contributed by atoms with Gasteiger partial charge in [0.1, 0.15) is 19.3 Å². The highest BCUT2D eigenvalue weighted by molar-refractivity contribution is 7.47. The molecule has 0 amide bonds. The summed E-state index contributed by atoms with van der Waals surface area (Å²) >= 11 is 0. The van der Waals surface area contributed by atoms with Gasteiger partial charge >= 0.3 is 39.5 Å². The van der Waals surface area contributed by atoms with E-state index in [1.165, 1.54) is 89.9 Å². The molecule has 5 unspecified atom stereocenters. The number of carbonyl (C=O) groups is 4. The van der Waals surface area contributed by atoms with E-state index in [1.54, 1.807) is 0 Å². The van der Waals surface area contributed by atoms with Crippen molar-refractivity contribution >= 4 is 39.5 Å². The molecule has 0 aliphatic carbocycles. The van der Waals surface area contributed by atoms with E-state index in [4.69, 9.17) is 37.0 Å². The van der Waals surface area contributed by atoms with Crippen LogP contribution in [0.1, 0.15) is 336 Å². The van der Waals surface area contributed by atoms with Crippen LogP contribution >= 0.6 is 15.6 Å². The third-order valence-corrected chi connectivity index (χ3v) is 18.6. The normalized spacial score (nSPS) is 14.5. The van der Waals surface area contributed by atoms with Gasteiger partial charge in [0.05, 0.1) is 26.4 Å². The molecule has 0 aromatic carbocycles. The highest BCUT2D eigenvalue weighted by atomic mass is 31.2. The van der Waals surface area contributed by atoms with E-state index < -0.39 is 97.5 Å². The number of rotatable bonds is 75. The van der Waals surface area contributed by atoms with Gasteiger partial charge in [-0.1, -0.05) is 298 Å².